The highest BCUT2D eigenvalue weighted by molar-refractivity contribution is 5.99. The van der Waals surface area contributed by atoms with Crippen molar-refractivity contribution in [1.82, 2.24) is 10.2 Å². The van der Waals surface area contributed by atoms with Gasteiger partial charge in [-0.3, -0.25) is 9.59 Å². The van der Waals surface area contributed by atoms with Crippen molar-refractivity contribution in [1.29, 1.82) is 0 Å². The van der Waals surface area contributed by atoms with E-state index < -0.39 is 23.8 Å². The van der Waals surface area contributed by atoms with Gasteiger partial charge < -0.3 is 25.0 Å². The maximum absolute atomic E-state index is 14.2. The van der Waals surface area contributed by atoms with Gasteiger partial charge in [-0.15, -0.1) is 0 Å². The summed E-state index contributed by atoms with van der Waals surface area (Å²) >= 11 is 0. The number of hydrogen-bond acceptors (Lipinski definition) is 5. The fraction of sp³-hybridized carbons (Fsp3) is 0.452. The van der Waals surface area contributed by atoms with E-state index in [4.69, 9.17) is 9.47 Å². The monoisotopic (exact) mass is 537 g/mol. The SMILES string of the molecule is C=Cc1cccc(C(C(=O)Nc2ccc(OC)cc2)N(C(=O)C(NC(=O)OC(C)(C)C)C(C)C)C(C)CC)c1. The summed E-state index contributed by atoms with van der Waals surface area (Å²) in [5.74, 6) is -0.354. The van der Waals surface area contributed by atoms with E-state index in [0.29, 0.717) is 23.4 Å². The minimum atomic E-state index is -0.976. The van der Waals surface area contributed by atoms with Crippen LogP contribution < -0.4 is 15.4 Å². The number of nitrogens with one attached hydrogen (secondary N) is 2. The van der Waals surface area contributed by atoms with Gasteiger partial charge in [-0.1, -0.05) is 51.6 Å². The van der Waals surface area contributed by atoms with Gasteiger partial charge in [0.05, 0.1) is 7.11 Å². The van der Waals surface area contributed by atoms with Crippen LogP contribution in [-0.4, -0.2) is 47.6 Å². The highest BCUT2D eigenvalue weighted by Gasteiger charge is 2.39. The molecule has 212 valence electrons. The van der Waals surface area contributed by atoms with Crippen molar-refractivity contribution in [2.24, 2.45) is 5.92 Å². The van der Waals surface area contributed by atoms with Crippen LogP contribution in [0.4, 0.5) is 10.5 Å². The Kier molecular flexibility index (Phi) is 11.1. The zero-order valence-corrected chi connectivity index (χ0v) is 24.4. The number of anilines is 1. The number of hydrogen-bond donors (Lipinski definition) is 2. The summed E-state index contributed by atoms with van der Waals surface area (Å²) in [6.07, 6.45) is 1.60. The summed E-state index contributed by atoms with van der Waals surface area (Å²) in [6.45, 7) is 16.7. The molecule has 8 nitrogen and oxygen atoms in total. The topological polar surface area (TPSA) is 97.0 Å². The number of benzene rings is 2. The average molecular weight is 538 g/mol. The summed E-state index contributed by atoms with van der Waals surface area (Å²) < 4.78 is 10.7. The predicted molar refractivity (Wildman–Crippen MR) is 155 cm³/mol. The molecule has 3 atom stereocenters. The van der Waals surface area contributed by atoms with E-state index in [1.807, 2.05) is 52.0 Å². The molecule has 39 heavy (non-hydrogen) atoms. The van der Waals surface area contributed by atoms with Crippen LogP contribution in [0.25, 0.3) is 6.08 Å². The highest BCUT2D eigenvalue weighted by atomic mass is 16.6. The van der Waals surface area contributed by atoms with Gasteiger partial charge in [0.25, 0.3) is 5.91 Å². The molecule has 0 saturated heterocycles. The van der Waals surface area contributed by atoms with Crippen LogP contribution in [0.15, 0.2) is 55.1 Å². The molecule has 2 N–H and O–H groups in total. The fourth-order valence-corrected chi connectivity index (χ4v) is 4.08. The Balaban J connectivity index is 2.57. The van der Waals surface area contributed by atoms with Crippen molar-refractivity contribution >= 4 is 29.7 Å². The molecule has 8 heteroatoms. The number of alkyl carbamates (subject to hydrolysis) is 1. The lowest BCUT2D eigenvalue weighted by molar-refractivity contribution is -0.144. The minimum absolute atomic E-state index is 0.263. The molecule has 0 heterocycles. The van der Waals surface area contributed by atoms with E-state index in [0.717, 1.165) is 5.56 Å². The number of ether oxygens (including phenoxy) is 2. The van der Waals surface area contributed by atoms with Gasteiger partial charge in [-0.05, 0) is 81.5 Å². The van der Waals surface area contributed by atoms with Gasteiger partial charge in [0.1, 0.15) is 23.4 Å². The summed E-state index contributed by atoms with van der Waals surface area (Å²) in [7, 11) is 1.57. The third-order valence-electron chi connectivity index (χ3n) is 6.27. The van der Waals surface area contributed by atoms with E-state index in [-0.39, 0.29) is 23.8 Å². The molecule has 0 aliphatic heterocycles. The van der Waals surface area contributed by atoms with Crippen molar-refractivity contribution < 1.29 is 23.9 Å². The molecule has 3 unspecified atom stereocenters. The second-order valence-electron chi connectivity index (χ2n) is 10.9. The number of methoxy groups -OCH3 is 1. The second-order valence-corrected chi connectivity index (χ2v) is 10.9. The molecule has 0 bridgehead atoms. The Labute approximate surface area is 232 Å². The first-order chi connectivity index (χ1) is 18.3. The molecule has 2 aromatic rings. The van der Waals surface area contributed by atoms with Crippen LogP contribution in [0.2, 0.25) is 0 Å². The normalized spacial score (nSPS) is 13.6. The van der Waals surface area contributed by atoms with Crippen LogP contribution in [-0.2, 0) is 14.3 Å². The van der Waals surface area contributed by atoms with E-state index in [2.05, 4.69) is 17.2 Å². The van der Waals surface area contributed by atoms with Gasteiger partial charge >= 0.3 is 6.09 Å². The standard InChI is InChI=1S/C31H43N3O5/c1-10-21(5)34(29(36)26(20(3)4)33-30(37)39-31(6,7)8)27(23-14-12-13-22(11-2)19-23)28(35)32-24-15-17-25(38-9)18-16-24/h11-21,26-27H,2,10H2,1,3-9H3,(H,32,35)(H,33,37). The molecule has 0 fully saturated rings. The van der Waals surface area contributed by atoms with Crippen molar-refractivity contribution in [2.45, 2.75) is 78.6 Å². The van der Waals surface area contributed by atoms with Crippen LogP contribution in [0.3, 0.4) is 0 Å². The number of nitrogens with zero attached hydrogens (tertiary/aromatic N) is 1. The Morgan fingerprint density at radius 3 is 2.21 bits per heavy atom. The molecule has 0 aliphatic carbocycles. The molecule has 0 aliphatic rings. The number of amides is 3. The van der Waals surface area contributed by atoms with Gasteiger partial charge in [0.15, 0.2) is 0 Å². The van der Waals surface area contributed by atoms with Gasteiger partial charge in [0.2, 0.25) is 5.91 Å². The third kappa shape index (κ3) is 8.87. The minimum Gasteiger partial charge on any atom is -0.497 e. The predicted octanol–water partition coefficient (Wildman–Crippen LogP) is 6.19. The third-order valence-corrected chi connectivity index (χ3v) is 6.27. The first kappa shape index (κ1) is 31.4. The Morgan fingerprint density at radius 1 is 1.05 bits per heavy atom. The van der Waals surface area contributed by atoms with E-state index in [9.17, 15) is 14.4 Å². The zero-order valence-electron chi connectivity index (χ0n) is 24.4. The highest BCUT2D eigenvalue weighted by Crippen LogP contribution is 2.29. The fourth-order valence-electron chi connectivity index (χ4n) is 4.08. The van der Waals surface area contributed by atoms with Crippen LogP contribution in [0.5, 0.6) is 5.75 Å². The molecule has 2 aromatic carbocycles. The molecule has 0 spiro atoms. The first-order valence-electron chi connectivity index (χ1n) is 13.3. The quantitative estimate of drug-likeness (QED) is 0.356. The smallest absolute Gasteiger partial charge is 0.408 e. The molecule has 3 amide bonds. The summed E-state index contributed by atoms with van der Waals surface area (Å²) in [6, 6.07) is 12.2. The zero-order chi connectivity index (χ0) is 29.3. The van der Waals surface area contributed by atoms with Crippen molar-refractivity contribution in [2.75, 3.05) is 12.4 Å². The molecule has 0 radical (unpaired) electrons. The largest absolute Gasteiger partial charge is 0.497 e. The van der Waals surface area contributed by atoms with E-state index in [1.165, 1.54) is 0 Å². The van der Waals surface area contributed by atoms with Gasteiger partial charge in [0, 0.05) is 11.7 Å². The lowest BCUT2D eigenvalue weighted by Crippen LogP contribution is -2.56. The van der Waals surface area contributed by atoms with Crippen molar-refractivity contribution in [3.8, 4) is 5.75 Å². The summed E-state index contributed by atoms with van der Waals surface area (Å²) in [5.41, 5.74) is 1.29. The number of carbonyl (C=O) groups excluding carboxylic acids is 3. The second kappa shape index (κ2) is 13.8. The maximum atomic E-state index is 14.2. The Bertz CT molecular complexity index is 1140. The lowest BCUT2D eigenvalue weighted by Gasteiger charge is -2.39. The van der Waals surface area contributed by atoms with Gasteiger partial charge in [-0.2, -0.15) is 0 Å². The summed E-state index contributed by atoms with van der Waals surface area (Å²) in [5, 5.41) is 5.71. The van der Waals surface area contributed by atoms with Crippen molar-refractivity contribution in [3.63, 3.8) is 0 Å². The maximum Gasteiger partial charge on any atom is 0.408 e. The average Bonchev–Trinajstić information content (AvgIpc) is 2.88. The summed E-state index contributed by atoms with van der Waals surface area (Å²) in [4.78, 5) is 42.5. The molecule has 0 aromatic heterocycles. The van der Waals surface area contributed by atoms with Gasteiger partial charge in [-0.25, -0.2) is 4.79 Å². The number of rotatable bonds is 11. The van der Waals surface area contributed by atoms with E-state index >= 15 is 0 Å². The molecular weight excluding hydrogens is 494 g/mol. The lowest BCUT2D eigenvalue weighted by atomic mass is 9.95. The van der Waals surface area contributed by atoms with Crippen molar-refractivity contribution in [3.05, 3.63) is 66.2 Å². The first-order valence-corrected chi connectivity index (χ1v) is 13.3. The van der Waals surface area contributed by atoms with Crippen LogP contribution in [0, 0.1) is 5.92 Å². The molecule has 0 saturated carbocycles. The molecular formula is C31H43N3O5. The van der Waals surface area contributed by atoms with Crippen LogP contribution >= 0.6 is 0 Å². The van der Waals surface area contributed by atoms with E-state index in [1.54, 1.807) is 63.1 Å². The Morgan fingerprint density at radius 2 is 1.69 bits per heavy atom. The van der Waals surface area contributed by atoms with Crippen LogP contribution in [0.1, 0.15) is 72.1 Å². The Hall–Kier alpha value is -3.81. The number of carbonyl (C=O) groups is 3. The molecule has 2 rings (SSSR count).